The molecule has 0 N–H and O–H groups in total. The van der Waals surface area contributed by atoms with Gasteiger partial charge in [0.25, 0.3) is 5.91 Å². The van der Waals surface area contributed by atoms with Gasteiger partial charge in [-0.25, -0.2) is 4.68 Å². The van der Waals surface area contributed by atoms with Crippen LogP contribution >= 0.6 is 0 Å². The van der Waals surface area contributed by atoms with E-state index in [0.29, 0.717) is 35.1 Å². The lowest BCUT2D eigenvalue weighted by Crippen LogP contribution is -2.37. The smallest absolute Gasteiger partial charge is 0.326 e. The highest BCUT2D eigenvalue weighted by Gasteiger charge is 2.26. The van der Waals surface area contributed by atoms with Crippen molar-refractivity contribution in [3.63, 3.8) is 0 Å². The molecular formula is C28H32N4O5. The fraction of sp³-hybridized carbons (Fsp3) is 0.357. The number of rotatable bonds is 9. The number of amides is 1. The predicted molar refractivity (Wildman–Crippen MR) is 139 cm³/mol. The molecule has 0 fully saturated rings. The Kier molecular flexibility index (Phi) is 8.56. The first-order valence-corrected chi connectivity index (χ1v) is 11.9. The number of carbonyl (C=O) groups excluding carboxylic acids is 2. The summed E-state index contributed by atoms with van der Waals surface area (Å²) < 4.78 is 17.7. The number of ether oxygens (including phenoxy) is 3. The zero-order valence-corrected chi connectivity index (χ0v) is 22.1. The van der Waals surface area contributed by atoms with Crippen molar-refractivity contribution >= 4 is 17.6 Å². The third-order valence-corrected chi connectivity index (χ3v) is 5.36. The summed E-state index contributed by atoms with van der Waals surface area (Å²) in [5, 5.41) is 14.2. The molecule has 3 rings (SSSR count). The Hall–Kier alpha value is -4.32. The number of nitriles is 1. The van der Waals surface area contributed by atoms with Crippen molar-refractivity contribution in [3.05, 3.63) is 65.5 Å². The second-order valence-corrected chi connectivity index (χ2v) is 9.61. The van der Waals surface area contributed by atoms with Crippen LogP contribution in [0.1, 0.15) is 49.3 Å². The summed E-state index contributed by atoms with van der Waals surface area (Å²) in [6.07, 6.45) is 1.61. The summed E-state index contributed by atoms with van der Waals surface area (Å²) >= 11 is 0. The SMILES string of the molecule is CCOC(=O)CN(C(=O)c1cn(-c2ccc(OC)cc2)nc1C)c1ccc(OCC(C)(C)C)c(C#N)c1. The first-order chi connectivity index (χ1) is 17.6. The van der Waals surface area contributed by atoms with Gasteiger partial charge in [-0.3, -0.25) is 14.5 Å². The van der Waals surface area contributed by atoms with Gasteiger partial charge in [0.1, 0.15) is 24.1 Å². The van der Waals surface area contributed by atoms with Gasteiger partial charge in [0.15, 0.2) is 0 Å². The molecule has 0 saturated carbocycles. The molecule has 0 atom stereocenters. The van der Waals surface area contributed by atoms with Gasteiger partial charge in [-0.2, -0.15) is 10.4 Å². The number of carbonyl (C=O) groups is 2. The molecule has 0 aliphatic carbocycles. The number of hydrogen-bond acceptors (Lipinski definition) is 7. The average molecular weight is 505 g/mol. The van der Waals surface area contributed by atoms with E-state index < -0.39 is 11.9 Å². The fourth-order valence-electron chi connectivity index (χ4n) is 3.49. The van der Waals surface area contributed by atoms with Crippen molar-refractivity contribution < 1.29 is 23.8 Å². The molecule has 0 saturated heterocycles. The zero-order valence-electron chi connectivity index (χ0n) is 22.1. The van der Waals surface area contributed by atoms with Crippen molar-refractivity contribution in [3.8, 4) is 23.3 Å². The maximum Gasteiger partial charge on any atom is 0.326 e. The molecule has 0 radical (unpaired) electrons. The Bertz CT molecular complexity index is 1300. The summed E-state index contributed by atoms with van der Waals surface area (Å²) in [4.78, 5) is 27.4. The Morgan fingerprint density at radius 1 is 1.14 bits per heavy atom. The van der Waals surface area contributed by atoms with Gasteiger partial charge in [-0.15, -0.1) is 0 Å². The largest absolute Gasteiger partial charge is 0.497 e. The summed E-state index contributed by atoms with van der Waals surface area (Å²) in [5.74, 6) is 0.0983. The number of anilines is 1. The molecule has 1 amide bonds. The van der Waals surface area contributed by atoms with E-state index in [1.165, 1.54) is 4.90 Å². The molecule has 0 bridgehead atoms. The normalized spacial score (nSPS) is 10.9. The van der Waals surface area contributed by atoms with Crippen LogP contribution in [-0.4, -0.2) is 48.5 Å². The summed E-state index contributed by atoms with van der Waals surface area (Å²) in [6.45, 7) is 9.77. The Labute approximate surface area is 217 Å². The molecule has 0 aliphatic rings. The minimum Gasteiger partial charge on any atom is -0.497 e. The van der Waals surface area contributed by atoms with Crippen molar-refractivity contribution in [1.29, 1.82) is 5.26 Å². The van der Waals surface area contributed by atoms with E-state index in [0.717, 1.165) is 5.69 Å². The van der Waals surface area contributed by atoms with Crippen molar-refractivity contribution in [1.82, 2.24) is 9.78 Å². The fourth-order valence-corrected chi connectivity index (χ4v) is 3.49. The van der Waals surface area contributed by atoms with E-state index in [1.54, 1.807) is 62.2 Å². The highest BCUT2D eigenvalue weighted by Crippen LogP contribution is 2.28. The minimum atomic E-state index is -0.567. The van der Waals surface area contributed by atoms with Gasteiger partial charge >= 0.3 is 5.97 Å². The number of hydrogen-bond donors (Lipinski definition) is 0. The maximum atomic E-state index is 13.7. The number of methoxy groups -OCH3 is 1. The van der Waals surface area contributed by atoms with Crippen LogP contribution < -0.4 is 14.4 Å². The van der Waals surface area contributed by atoms with Crippen molar-refractivity contribution in [2.24, 2.45) is 5.41 Å². The van der Waals surface area contributed by atoms with E-state index in [1.807, 2.05) is 32.9 Å². The molecular weight excluding hydrogens is 472 g/mol. The molecule has 9 nitrogen and oxygen atoms in total. The zero-order chi connectivity index (χ0) is 27.2. The topological polar surface area (TPSA) is 107 Å². The molecule has 0 spiro atoms. The van der Waals surface area contributed by atoms with E-state index in [-0.39, 0.29) is 24.1 Å². The van der Waals surface area contributed by atoms with E-state index in [4.69, 9.17) is 14.2 Å². The number of aromatic nitrogens is 2. The Morgan fingerprint density at radius 2 is 1.84 bits per heavy atom. The maximum absolute atomic E-state index is 13.7. The van der Waals surface area contributed by atoms with E-state index in [2.05, 4.69) is 11.2 Å². The van der Waals surface area contributed by atoms with Crippen molar-refractivity contribution in [2.45, 2.75) is 34.6 Å². The first-order valence-electron chi connectivity index (χ1n) is 11.9. The summed E-state index contributed by atoms with van der Waals surface area (Å²) in [6, 6.07) is 14.2. The lowest BCUT2D eigenvalue weighted by Gasteiger charge is -2.23. The van der Waals surface area contributed by atoms with Crippen LogP contribution in [0.15, 0.2) is 48.7 Å². The van der Waals surface area contributed by atoms with Gasteiger partial charge in [0.2, 0.25) is 0 Å². The van der Waals surface area contributed by atoms with Crippen LogP contribution in [0.25, 0.3) is 5.69 Å². The third-order valence-electron chi connectivity index (χ3n) is 5.36. The molecule has 1 heterocycles. The van der Waals surface area contributed by atoms with Crippen molar-refractivity contribution in [2.75, 3.05) is 31.8 Å². The number of nitrogens with zero attached hydrogens (tertiary/aromatic N) is 4. The van der Waals surface area contributed by atoms with Crippen LogP contribution in [0.4, 0.5) is 5.69 Å². The molecule has 3 aromatic rings. The van der Waals surface area contributed by atoms with Gasteiger partial charge < -0.3 is 14.2 Å². The molecule has 9 heteroatoms. The number of esters is 1. The monoisotopic (exact) mass is 504 g/mol. The highest BCUT2D eigenvalue weighted by atomic mass is 16.5. The van der Waals surface area contributed by atoms with Crippen LogP contribution in [0.3, 0.4) is 0 Å². The second kappa shape index (κ2) is 11.6. The van der Waals surface area contributed by atoms with Gasteiger partial charge in [0.05, 0.1) is 42.8 Å². The van der Waals surface area contributed by atoms with Crippen LogP contribution in [0, 0.1) is 23.7 Å². The summed E-state index contributed by atoms with van der Waals surface area (Å²) in [7, 11) is 1.59. The number of aryl methyl sites for hydroxylation is 1. The third kappa shape index (κ3) is 6.88. The first kappa shape index (κ1) is 27.3. The molecule has 0 unspecified atom stereocenters. The Balaban J connectivity index is 1.97. The molecule has 1 aromatic heterocycles. The van der Waals surface area contributed by atoms with E-state index >= 15 is 0 Å². The van der Waals surface area contributed by atoms with Gasteiger partial charge in [-0.1, -0.05) is 20.8 Å². The standard InChI is InChI=1S/C28H32N4O5/c1-7-36-26(33)17-31(22-10-13-25(20(14-22)15-29)37-18-28(3,4)5)27(34)24-16-32(30-19(24)2)21-8-11-23(35-6)12-9-21/h8-14,16H,7,17-18H2,1-6H3. The lowest BCUT2D eigenvalue weighted by molar-refractivity contribution is -0.141. The van der Waals surface area contributed by atoms with Crippen LogP contribution in [0.5, 0.6) is 11.5 Å². The predicted octanol–water partition coefficient (Wildman–Crippen LogP) is 4.70. The highest BCUT2D eigenvalue weighted by molar-refractivity contribution is 6.09. The second-order valence-electron chi connectivity index (χ2n) is 9.61. The summed E-state index contributed by atoms with van der Waals surface area (Å²) in [5.41, 5.74) is 2.07. The number of benzene rings is 2. The molecule has 0 aliphatic heterocycles. The van der Waals surface area contributed by atoms with Crippen LogP contribution in [-0.2, 0) is 9.53 Å². The quantitative estimate of drug-likeness (QED) is 0.389. The molecule has 37 heavy (non-hydrogen) atoms. The van der Waals surface area contributed by atoms with E-state index in [9.17, 15) is 14.9 Å². The lowest BCUT2D eigenvalue weighted by atomic mass is 9.98. The molecule has 2 aromatic carbocycles. The minimum absolute atomic E-state index is 0.0983. The Morgan fingerprint density at radius 3 is 2.43 bits per heavy atom. The average Bonchev–Trinajstić information content (AvgIpc) is 3.26. The van der Waals surface area contributed by atoms with Gasteiger partial charge in [0, 0.05) is 11.9 Å². The van der Waals surface area contributed by atoms with Gasteiger partial charge in [-0.05, 0) is 61.7 Å². The van der Waals surface area contributed by atoms with Crippen LogP contribution in [0.2, 0.25) is 0 Å². The molecule has 194 valence electrons.